The van der Waals surface area contributed by atoms with E-state index >= 15 is 0 Å². The minimum Gasteiger partial charge on any atom is -0.481 e. The Balaban J connectivity index is 2.48. The zero-order chi connectivity index (χ0) is 16.8. The van der Waals surface area contributed by atoms with Crippen LogP contribution in [0.15, 0.2) is 24.3 Å². The molecule has 0 heterocycles. The number of hydrogen-bond donors (Lipinski definition) is 1. The van der Waals surface area contributed by atoms with E-state index in [1.807, 2.05) is 0 Å². The van der Waals surface area contributed by atoms with Gasteiger partial charge in [-0.25, -0.2) is 0 Å². The molecular formula is C15H18F3NO3. The zero-order valence-electron chi connectivity index (χ0n) is 12.4. The molecule has 1 aromatic rings. The van der Waals surface area contributed by atoms with Gasteiger partial charge >= 0.3 is 6.18 Å². The average molecular weight is 317 g/mol. The summed E-state index contributed by atoms with van der Waals surface area (Å²) in [5.41, 5.74) is 0.941. The van der Waals surface area contributed by atoms with E-state index in [-0.39, 0.29) is 5.78 Å². The molecule has 0 aliphatic rings. The number of Topliss-reactive ketones (excluding diaryl/α,β-unsaturated/α-hetero) is 1. The van der Waals surface area contributed by atoms with Gasteiger partial charge in [-0.15, -0.1) is 0 Å². The number of ether oxygens (including phenoxy) is 1. The summed E-state index contributed by atoms with van der Waals surface area (Å²) in [5.74, 6) is -0.366. The Morgan fingerprint density at radius 1 is 1.23 bits per heavy atom. The van der Waals surface area contributed by atoms with Crippen LogP contribution in [0, 0.1) is 0 Å². The van der Waals surface area contributed by atoms with Crippen LogP contribution in [0.2, 0.25) is 0 Å². The highest BCUT2D eigenvalue weighted by atomic mass is 19.4. The van der Waals surface area contributed by atoms with Gasteiger partial charge in [0.05, 0.1) is 0 Å². The van der Waals surface area contributed by atoms with Crippen molar-refractivity contribution in [2.45, 2.75) is 39.0 Å². The molecule has 0 radical (unpaired) electrons. The third-order valence-electron chi connectivity index (χ3n) is 2.83. The quantitative estimate of drug-likeness (QED) is 0.841. The van der Waals surface area contributed by atoms with E-state index in [2.05, 4.69) is 0 Å². The first-order chi connectivity index (χ1) is 10.2. The lowest BCUT2D eigenvalue weighted by Gasteiger charge is -2.15. The largest absolute Gasteiger partial charge is 0.481 e. The molecule has 0 aromatic heterocycles. The first-order valence-electron chi connectivity index (χ1n) is 6.77. The third kappa shape index (κ3) is 7.10. The number of aryl methyl sites for hydroxylation is 1. The Bertz CT molecular complexity index is 512. The van der Waals surface area contributed by atoms with Crippen LogP contribution in [0.25, 0.3) is 0 Å². The fraction of sp³-hybridized carbons (Fsp3) is 0.467. The second-order valence-corrected chi connectivity index (χ2v) is 4.94. The molecule has 0 saturated carbocycles. The highest BCUT2D eigenvalue weighted by Crippen LogP contribution is 2.16. The van der Waals surface area contributed by atoms with Gasteiger partial charge in [0.2, 0.25) is 0 Å². The van der Waals surface area contributed by atoms with Crippen LogP contribution in [0.1, 0.15) is 25.8 Å². The molecule has 0 aliphatic carbocycles. The van der Waals surface area contributed by atoms with E-state index in [1.54, 1.807) is 29.6 Å². The standard InChI is InChI=1S/C15H18F3NO3/c1-10(20)3-4-12-5-7-13(8-6-12)22-11(2)14(21)19-9-15(16,17)18/h5-8,11H,3-4,9H2,1-2H3,(H,19,21). The Kier molecular flexibility index (Phi) is 6.39. The van der Waals surface area contributed by atoms with Crippen molar-refractivity contribution in [1.82, 2.24) is 5.32 Å². The Morgan fingerprint density at radius 3 is 2.32 bits per heavy atom. The van der Waals surface area contributed by atoms with Gasteiger partial charge in [0.1, 0.15) is 18.1 Å². The predicted molar refractivity (Wildman–Crippen MR) is 74.6 cm³/mol. The van der Waals surface area contributed by atoms with Crippen LogP contribution >= 0.6 is 0 Å². The number of halogens is 3. The van der Waals surface area contributed by atoms with E-state index in [0.29, 0.717) is 18.6 Å². The number of carbonyl (C=O) groups excluding carboxylic acids is 2. The Morgan fingerprint density at radius 2 is 1.82 bits per heavy atom. The van der Waals surface area contributed by atoms with Crippen LogP contribution in [-0.4, -0.2) is 30.5 Å². The summed E-state index contributed by atoms with van der Waals surface area (Å²) in [6, 6.07) is 6.73. The summed E-state index contributed by atoms with van der Waals surface area (Å²) >= 11 is 0. The molecule has 7 heteroatoms. The Labute approximate surface area is 126 Å². The van der Waals surface area contributed by atoms with Crippen molar-refractivity contribution in [2.24, 2.45) is 0 Å². The van der Waals surface area contributed by atoms with Gasteiger partial charge in [-0.2, -0.15) is 13.2 Å². The SMILES string of the molecule is CC(=O)CCc1ccc(OC(C)C(=O)NCC(F)(F)F)cc1. The Hall–Kier alpha value is -2.05. The monoisotopic (exact) mass is 317 g/mol. The molecule has 1 atom stereocenters. The summed E-state index contributed by atoms with van der Waals surface area (Å²) in [4.78, 5) is 22.4. The molecule has 122 valence electrons. The van der Waals surface area contributed by atoms with Crippen LogP contribution in [0.5, 0.6) is 5.75 Å². The maximum absolute atomic E-state index is 12.0. The maximum Gasteiger partial charge on any atom is 0.405 e. The second kappa shape index (κ2) is 7.82. The molecule has 0 saturated heterocycles. The van der Waals surface area contributed by atoms with E-state index in [1.165, 1.54) is 13.8 Å². The summed E-state index contributed by atoms with van der Waals surface area (Å²) in [6.45, 7) is 1.50. The molecule has 0 spiro atoms. The number of alkyl halides is 3. The number of ketones is 1. The van der Waals surface area contributed by atoms with Gasteiger partial charge in [-0.1, -0.05) is 12.1 Å². The van der Waals surface area contributed by atoms with E-state index in [9.17, 15) is 22.8 Å². The van der Waals surface area contributed by atoms with Gasteiger partial charge in [-0.05, 0) is 38.0 Å². The molecule has 22 heavy (non-hydrogen) atoms. The van der Waals surface area contributed by atoms with Crippen molar-refractivity contribution in [3.05, 3.63) is 29.8 Å². The highest BCUT2D eigenvalue weighted by molar-refractivity contribution is 5.80. The number of carbonyl (C=O) groups is 2. The summed E-state index contributed by atoms with van der Waals surface area (Å²) in [6.07, 6.45) is -4.44. The minimum absolute atomic E-state index is 0.0929. The van der Waals surface area contributed by atoms with Crippen molar-refractivity contribution < 1.29 is 27.5 Å². The van der Waals surface area contributed by atoms with Crippen molar-refractivity contribution in [3.8, 4) is 5.75 Å². The smallest absolute Gasteiger partial charge is 0.405 e. The molecule has 0 fully saturated rings. The number of amides is 1. The molecular weight excluding hydrogens is 299 g/mol. The second-order valence-electron chi connectivity index (χ2n) is 4.94. The topological polar surface area (TPSA) is 55.4 Å². The number of benzene rings is 1. The first kappa shape index (κ1) is 18.0. The maximum atomic E-state index is 12.0. The van der Waals surface area contributed by atoms with Crippen molar-refractivity contribution >= 4 is 11.7 Å². The lowest BCUT2D eigenvalue weighted by Crippen LogP contribution is -2.41. The predicted octanol–water partition coefficient (Wildman–Crippen LogP) is 2.65. The lowest BCUT2D eigenvalue weighted by molar-refractivity contribution is -0.142. The molecule has 1 rings (SSSR count). The molecule has 4 nitrogen and oxygen atoms in total. The summed E-state index contributed by atoms with van der Waals surface area (Å²) in [7, 11) is 0. The van der Waals surface area contributed by atoms with E-state index < -0.39 is 24.7 Å². The molecule has 0 aliphatic heterocycles. The number of nitrogens with one attached hydrogen (secondary N) is 1. The summed E-state index contributed by atoms with van der Waals surface area (Å²) in [5, 5.41) is 1.76. The van der Waals surface area contributed by atoms with Crippen molar-refractivity contribution in [2.75, 3.05) is 6.54 Å². The van der Waals surface area contributed by atoms with Gasteiger partial charge in [0.15, 0.2) is 6.10 Å². The third-order valence-corrected chi connectivity index (χ3v) is 2.83. The molecule has 1 unspecified atom stereocenters. The fourth-order valence-electron chi connectivity index (χ4n) is 1.64. The van der Waals surface area contributed by atoms with Crippen LogP contribution in [-0.2, 0) is 16.0 Å². The highest BCUT2D eigenvalue weighted by Gasteiger charge is 2.29. The van der Waals surface area contributed by atoms with Crippen molar-refractivity contribution in [3.63, 3.8) is 0 Å². The van der Waals surface area contributed by atoms with E-state index in [0.717, 1.165) is 5.56 Å². The van der Waals surface area contributed by atoms with Crippen LogP contribution in [0.4, 0.5) is 13.2 Å². The van der Waals surface area contributed by atoms with Crippen LogP contribution in [0.3, 0.4) is 0 Å². The van der Waals surface area contributed by atoms with Gasteiger partial charge in [-0.3, -0.25) is 4.79 Å². The molecule has 1 amide bonds. The number of hydrogen-bond acceptors (Lipinski definition) is 3. The molecule has 0 bridgehead atoms. The lowest BCUT2D eigenvalue weighted by atomic mass is 10.1. The van der Waals surface area contributed by atoms with Crippen molar-refractivity contribution in [1.29, 1.82) is 0 Å². The molecule has 1 aromatic carbocycles. The summed E-state index contributed by atoms with van der Waals surface area (Å²) < 4.78 is 41.3. The minimum atomic E-state index is -4.45. The van der Waals surface area contributed by atoms with Gasteiger partial charge in [0.25, 0.3) is 5.91 Å². The zero-order valence-corrected chi connectivity index (χ0v) is 12.4. The average Bonchev–Trinajstić information content (AvgIpc) is 2.43. The fourth-order valence-corrected chi connectivity index (χ4v) is 1.64. The van der Waals surface area contributed by atoms with E-state index in [4.69, 9.17) is 4.74 Å². The van der Waals surface area contributed by atoms with Gasteiger partial charge < -0.3 is 14.8 Å². The number of rotatable bonds is 7. The van der Waals surface area contributed by atoms with Gasteiger partial charge in [0, 0.05) is 6.42 Å². The first-order valence-corrected chi connectivity index (χ1v) is 6.77. The normalized spacial score (nSPS) is 12.6. The molecule has 1 N–H and O–H groups in total. The van der Waals surface area contributed by atoms with Crippen LogP contribution < -0.4 is 10.1 Å².